The molecule has 0 aliphatic carbocycles. The molecule has 1 rings (SSSR count). The number of carbonyl (C=O) groups is 2. The van der Waals surface area contributed by atoms with Crippen molar-refractivity contribution in [3.8, 4) is 0 Å². The fraction of sp³-hybridized carbons (Fsp3) is 0.333. The summed E-state index contributed by atoms with van der Waals surface area (Å²) in [5.74, 6) is -3.54. The van der Waals surface area contributed by atoms with Crippen LogP contribution >= 0.6 is 15.9 Å². The molecular formula is C12H12BrFN2O5. The summed E-state index contributed by atoms with van der Waals surface area (Å²) >= 11 is 2.86. The second-order valence-corrected chi connectivity index (χ2v) is 5.37. The lowest BCUT2D eigenvalue weighted by molar-refractivity contribution is -0.385. The van der Waals surface area contributed by atoms with Crippen LogP contribution in [0.15, 0.2) is 16.6 Å². The third kappa shape index (κ3) is 3.97. The van der Waals surface area contributed by atoms with Gasteiger partial charge < -0.3 is 10.4 Å². The SMILES string of the molecule is CC(C)C(NC(=O)c1cc(F)cc([N+](=O)[O-])c1Br)C(=O)O. The number of carbonyl (C=O) groups excluding carboxylic acids is 1. The van der Waals surface area contributed by atoms with E-state index in [1.807, 2.05) is 0 Å². The van der Waals surface area contributed by atoms with Crippen molar-refractivity contribution in [3.05, 3.63) is 38.1 Å². The van der Waals surface area contributed by atoms with Gasteiger partial charge in [-0.3, -0.25) is 14.9 Å². The molecule has 7 nitrogen and oxygen atoms in total. The number of amides is 1. The summed E-state index contributed by atoms with van der Waals surface area (Å²) in [7, 11) is 0. The van der Waals surface area contributed by atoms with Crippen LogP contribution < -0.4 is 5.32 Å². The molecule has 9 heteroatoms. The summed E-state index contributed by atoms with van der Waals surface area (Å²) in [4.78, 5) is 33.0. The molecule has 0 spiro atoms. The van der Waals surface area contributed by atoms with Gasteiger partial charge in [-0.1, -0.05) is 13.8 Å². The molecule has 114 valence electrons. The Kier molecular flexibility index (Phi) is 5.36. The second kappa shape index (κ2) is 6.61. The number of halogens is 2. The van der Waals surface area contributed by atoms with Gasteiger partial charge in [-0.05, 0) is 27.9 Å². The highest BCUT2D eigenvalue weighted by atomic mass is 79.9. The second-order valence-electron chi connectivity index (χ2n) is 4.58. The minimum atomic E-state index is -1.25. The first kappa shape index (κ1) is 17.0. The van der Waals surface area contributed by atoms with E-state index in [1.165, 1.54) is 0 Å². The number of aliphatic carboxylic acids is 1. The van der Waals surface area contributed by atoms with Gasteiger partial charge in [-0.25, -0.2) is 9.18 Å². The normalized spacial score (nSPS) is 12.0. The molecule has 0 saturated heterocycles. The lowest BCUT2D eigenvalue weighted by Gasteiger charge is -2.18. The minimum absolute atomic E-state index is 0.209. The van der Waals surface area contributed by atoms with Crippen LogP contribution in [-0.4, -0.2) is 27.9 Å². The van der Waals surface area contributed by atoms with Gasteiger partial charge in [0, 0.05) is 0 Å². The average molecular weight is 363 g/mol. The van der Waals surface area contributed by atoms with Crippen LogP contribution in [0, 0.1) is 21.8 Å². The Bertz CT molecular complexity index is 606. The molecule has 0 saturated carbocycles. The molecule has 0 aromatic heterocycles. The van der Waals surface area contributed by atoms with Crippen molar-refractivity contribution in [2.75, 3.05) is 0 Å². The first-order valence-electron chi connectivity index (χ1n) is 5.82. The van der Waals surface area contributed by atoms with Gasteiger partial charge in [0.15, 0.2) is 0 Å². The van der Waals surface area contributed by atoms with Crippen molar-refractivity contribution in [1.82, 2.24) is 5.32 Å². The Labute approximate surface area is 127 Å². The van der Waals surface area contributed by atoms with E-state index in [2.05, 4.69) is 21.2 Å². The monoisotopic (exact) mass is 362 g/mol. The number of nitrogens with one attached hydrogen (secondary N) is 1. The Morgan fingerprint density at radius 2 is 2.00 bits per heavy atom. The van der Waals surface area contributed by atoms with E-state index in [0.717, 1.165) is 6.07 Å². The highest BCUT2D eigenvalue weighted by Gasteiger charge is 2.27. The number of rotatable bonds is 5. The van der Waals surface area contributed by atoms with Crippen LogP contribution in [0.1, 0.15) is 24.2 Å². The van der Waals surface area contributed by atoms with Gasteiger partial charge in [-0.15, -0.1) is 0 Å². The maximum atomic E-state index is 13.4. The highest BCUT2D eigenvalue weighted by molar-refractivity contribution is 9.10. The number of hydrogen-bond donors (Lipinski definition) is 2. The fourth-order valence-electron chi connectivity index (χ4n) is 1.61. The standard InChI is InChI=1S/C12H12BrFN2O5/c1-5(2)10(12(18)19)15-11(17)7-3-6(14)4-8(9(7)13)16(20)21/h3-5,10H,1-2H3,(H,15,17)(H,18,19). The first-order valence-corrected chi connectivity index (χ1v) is 6.61. The van der Waals surface area contributed by atoms with E-state index in [4.69, 9.17) is 5.11 Å². The summed E-state index contributed by atoms with van der Waals surface area (Å²) in [5.41, 5.74) is -0.954. The first-order chi connectivity index (χ1) is 9.65. The lowest BCUT2D eigenvalue weighted by atomic mass is 10.0. The quantitative estimate of drug-likeness (QED) is 0.616. The van der Waals surface area contributed by atoms with E-state index >= 15 is 0 Å². The van der Waals surface area contributed by atoms with E-state index in [0.29, 0.717) is 6.07 Å². The van der Waals surface area contributed by atoms with Crippen LogP contribution in [0.4, 0.5) is 10.1 Å². The Balaban J connectivity index is 3.19. The van der Waals surface area contributed by atoms with Gasteiger partial charge in [0.25, 0.3) is 11.6 Å². The average Bonchev–Trinajstić information content (AvgIpc) is 2.36. The topological polar surface area (TPSA) is 110 Å². The van der Waals surface area contributed by atoms with Crippen LogP contribution in [0.25, 0.3) is 0 Å². The fourth-order valence-corrected chi connectivity index (χ4v) is 2.16. The van der Waals surface area contributed by atoms with Crippen molar-refractivity contribution in [2.24, 2.45) is 5.92 Å². The number of benzene rings is 1. The third-order valence-electron chi connectivity index (χ3n) is 2.68. The maximum absolute atomic E-state index is 13.4. The molecule has 2 N–H and O–H groups in total. The zero-order valence-corrected chi connectivity index (χ0v) is 12.7. The van der Waals surface area contributed by atoms with E-state index < -0.39 is 40.3 Å². The van der Waals surface area contributed by atoms with Crippen molar-refractivity contribution >= 4 is 33.5 Å². The molecule has 0 radical (unpaired) electrons. The van der Waals surface area contributed by atoms with Gasteiger partial charge in [0.05, 0.1) is 16.6 Å². The van der Waals surface area contributed by atoms with Crippen LogP contribution in [0.2, 0.25) is 0 Å². The molecule has 1 aromatic carbocycles. The van der Waals surface area contributed by atoms with Crippen molar-refractivity contribution in [1.29, 1.82) is 0 Å². The van der Waals surface area contributed by atoms with E-state index in [9.17, 15) is 24.1 Å². The number of carboxylic acids is 1. The number of nitro groups is 1. The molecule has 1 aromatic rings. The number of nitro benzene ring substituents is 1. The number of nitrogens with zero attached hydrogens (tertiary/aromatic N) is 1. The van der Waals surface area contributed by atoms with Gasteiger partial charge in [0.2, 0.25) is 0 Å². The van der Waals surface area contributed by atoms with Gasteiger partial charge >= 0.3 is 5.97 Å². The smallest absolute Gasteiger partial charge is 0.326 e. The molecule has 0 fully saturated rings. The Morgan fingerprint density at radius 3 is 2.43 bits per heavy atom. The summed E-state index contributed by atoms with van der Waals surface area (Å²) < 4.78 is 13.2. The predicted octanol–water partition coefficient (Wildman–Crippen LogP) is 2.34. The molecule has 0 aliphatic rings. The maximum Gasteiger partial charge on any atom is 0.326 e. The van der Waals surface area contributed by atoms with Crippen LogP contribution in [0.5, 0.6) is 0 Å². The van der Waals surface area contributed by atoms with Crippen LogP contribution in [0.3, 0.4) is 0 Å². The third-order valence-corrected chi connectivity index (χ3v) is 3.51. The Hall–Kier alpha value is -2.03. The van der Waals surface area contributed by atoms with Gasteiger partial charge in [-0.2, -0.15) is 0 Å². The van der Waals surface area contributed by atoms with E-state index in [1.54, 1.807) is 13.8 Å². The predicted molar refractivity (Wildman–Crippen MR) is 74.5 cm³/mol. The van der Waals surface area contributed by atoms with Crippen molar-refractivity contribution in [2.45, 2.75) is 19.9 Å². The summed E-state index contributed by atoms with van der Waals surface area (Å²) in [6.07, 6.45) is 0. The largest absolute Gasteiger partial charge is 0.480 e. The summed E-state index contributed by atoms with van der Waals surface area (Å²) in [6, 6.07) is 0.274. The number of hydrogen-bond acceptors (Lipinski definition) is 4. The molecule has 0 bridgehead atoms. The minimum Gasteiger partial charge on any atom is -0.480 e. The molecule has 0 aliphatic heterocycles. The summed E-state index contributed by atoms with van der Waals surface area (Å²) in [6.45, 7) is 3.17. The van der Waals surface area contributed by atoms with Crippen molar-refractivity contribution in [3.63, 3.8) is 0 Å². The molecule has 0 heterocycles. The zero-order valence-electron chi connectivity index (χ0n) is 11.1. The zero-order chi connectivity index (χ0) is 16.3. The Morgan fingerprint density at radius 1 is 1.43 bits per heavy atom. The van der Waals surface area contributed by atoms with Gasteiger partial charge in [0.1, 0.15) is 16.3 Å². The highest BCUT2D eigenvalue weighted by Crippen LogP contribution is 2.29. The lowest BCUT2D eigenvalue weighted by Crippen LogP contribution is -2.44. The molecule has 1 atom stereocenters. The molecular weight excluding hydrogens is 351 g/mol. The molecule has 1 unspecified atom stereocenters. The molecule has 21 heavy (non-hydrogen) atoms. The van der Waals surface area contributed by atoms with Crippen molar-refractivity contribution < 1.29 is 24.0 Å². The number of carboxylic acid groups (broad SMARTS) is 1. The molecule has 1 amide bonds. The van der Waals surface area contributed by atoms with E-state index in [-0.39, 0.29) is 10.0 Å². The van der Waals surface area contributed by atoms with Crippen LogP contribution in [-0.2, 0) is 4.79 Å². The summed E-state index contributed by atoms with van der Waals surface area (Å²) in [5, 5.41) is 22.0.